The first kappa shape index (κ1) is 20.9. The average Bonchev–Trinajstić information content (AvgIpc) is 3.18. The number of benzene rings is 2. The van der Waals surface area contributed by atoms with Gasteiger partial charge in [0.1, 0.15) is 17.5 Å². The summed E-state index contributed by atoms with van der Waals surface area (Å²) in [5.41, 5.74) is 1.63. The SMILES string of the molecule is CC(=O)Nc1ccc(NC(=O)c2cnc3ccc(NCc4ccc(F)cc4)nn23)c(F)c1. The van der Waals surface area contributed by atoms with E-state index in [1.807, 2.05) is 0 Å². The summed E-state index contributed by atoms with van der Waals surface area (Å²) in [6, 6.07) is 13.4. The minimum absolute atomic E-state index is 0.0513. The predicted molar refractivity (Wildman–Crippen MR) is 115 cm³/mol. The lowest BCUT2D eigenvalue weighted by Gasteiger charge is -2.09. The first-order valence-corrected chi connectivity index (χ1v) is 9.60. The maximum absolute atomic E-state index is 14.3. The van der Waals surface area contributed by atoms with E-state index >= 15 is 0 Å². The molecule has 3 N–H and O–H groups in total. The van der Waals surface area contributed by atoms with Crippen LogP contribution in [0.2, 0.25) is 0 Å². The number of hydrogen-bond acceptors (Lipinski definition) is 5. The van der Waals surface area contributed by atoms with Crippen LogP contribution < -0.4 is 16.0 Å². The minimum atomic E-state index is -0.701. The van der Waals surface area contributed by atoms with Crippen molar-refractivity contribution in [3.8, 4) is 0 Å². The number of carbonyl (C=O) groups is 2. The van der Waals surface area contributed by atoms with Gasteiger partial charge in [-0.3, -0.25) is 9.59 Å². The van der Waals surface area contributed by atoms with Crippen LogP contribution in [0.1, 0.15) is 23.0 Å². The van der Waals surface area contributed by atoms with Gasteiger partial charge in [-0.05, 0) is 48.0 Å². The fraction of sp³-hybridized carbons (Fsp3) is 0.0909. The van der Waals surface area contributed by atoms with Gasteiger partial charge in [0.25, 0.3) is 5.91 Å². The second-order valence-corrected chi connectivity index (χ2v) is 6.94. The van der Waals surface area contributed by atoms with Crippen LogP contribution in [0.25, 0.3) is 5.65 Å². The number of hydrogen-bond donors (Lipinski definition) is 3. The molecule has 0 bridgehead atoms. The van der Waals surface area contributed by atoms with Crippen LogP contribution in [0.3, 0.4) is 0 Å². The molecule has 2 aromatic heterocycles. The first-order valence-electron chi connectivity index (χ1n) is 9.60. The zero-order valence-corrected chi connectivity index (χ0v) is 16.9. The number of aromatic nitrogens is 3. The zero-order valence-electron chi connectivity index (χ0n) is 16.9. The van der Waals surface area contributed by atoms with Gasteiger partial charge in [0.15, 0.2) is 11.3 Å². The fourth-order valence-electron chi connectivity index (χ4n) is 3.00. The maximum Gasteiger partial charge on any atom is 0.276 e. The summed E-state index contributed by atoms with van der Waals surface area (Å²) in [5, 5.41) is 12.4. The summed E-state index contributed by atoms with van der Waals surface area (Å²) in [4.78, 5) is 28.0. The van der Waals surface area contributed by atoms with Gasteiger partial charge in [-0.1, -0.05) is 12.1 Å². The molecule has 0 unspecified atom stereocenters. The van der Waals surface area contributed by atoms with E-state index < -0.39 is 11.7 Å². The molecule has 0 saturated heterocycles. The molecule has 0 aliphatic carbocycles. The van der Waals surface area contributed by atoms with Gasteiger partial charge in [0.05, 0.1) is 11.9 Å². The molecule has 0 spiro atoms. The van der Waals surface area contributed by atoms with Gasteiger partial charge in [0.2, 0.25) is 5.91 Å². The monoisotopic (exact) mass is 436 g/mol. The molecule has 2 amide bonds. The molecule has 10 heteroatoms. The Kier molecular flexibility index (Phi) is 5.75. The molecule has 4 aromatic rings. The molecular formula is C22H18F2N6O2. The number of imidazole rings is 1. The Morgan fingerprint density at radius 1 is 1.00 bits per heavy atom. The molecule has 8 nitrogen and oxygen atoms in total. The van der Waals surface area contributed by atoms with Gasteiger partial charge in [-0.15, -0.1) is 5.10 Å². The molecule has 2 heterocycles. The number of halogens is 2. The molecule has 0 fully saturated rings. The molecule has 0 atom stereocenters. The van der Waals surface area contributed by atoms with Crippen molar-refractivity contribution in [2.24, 2.45) is 0 Å². The Hall–Kier alpha value is -4.34. The molecule has 162 valence electrons. The number of nitrogens with one attached hydrogen (secondary N) is 3. The fourth-order valence-corrected chi connectivity index (χ4v) is 3.00. The van der Waals surface area contributed by atoms with Crippen LogP contribution in [0, 0.1) is 11.6 Å². The normalized spacial score (nSPS) is 10.7. The van der Waals surface area contributed by atoms with Gasteiger partial charge in [0, 0.05) is 19.2 Å². The molecule has 2 aromatic carbocycles. The number of nitrogens with zero attached hydrogens (tertiary/aromatic N) is 3. The first-order chi connectivity index (χ1) is 15.4. The third-order valence-corrected chi connectivity index (χ3v) is 4.52. The Labute approximate surface area is 181 Å². The number of anilines is 3. The summed E-state index contributed by atoms with van der Waals surface area (Å²) in [7, 11) is 0. The van der Waals surface area contributed by atoms with E-state index in [0.29, 0.717) is 18.0 Å². The van der Waals surface area contributed by atoms with Crippen molar-refractivity contribution < 1.29 is 18.4 Å². The van der Waals surface area contributed by atoms with E-state index in [-0.39, 0.29) is 28.8 Å². The Morgan fingerprint density at radius 3 is 2.50 bits per heavy atom. The van der Waals surface area contributed by atoms with Gasteiger partial charge in [-0.25, -0.2) is 18.3 Å². The lowest BCUT2D eigenvalue weighted by molar-refractivity contribution is -0.114. The van der Waals surface area contributed by atoms with Crippen LogP contribution in [-0.2, 0) is 11.3 Å². The van der Waals surface area contributed by atoms with Crippen molar-refractivity contribution in [2.75, 3.05) is 16.0 Å². The van der Waals surface area contributed by atoms with E-state index in [2.05, 4.69) is 26.0 Å². The second kappa shape index (κ2) is 8.80. The summed E-state index contributed by atoms with van der Waals surface area (Å²) < 4.78 is 28.7. The third kappa shape index (κ3) is 4.69. The van der Waals surface area contributed by atoms with Crippen LogP contribution in [0.15, 0.2) is 60.8 Å². The molecule has 0 radical (unpaired) electrons. The highest BCUT2D eigenvalue weighted by molar-refractivity contribution is 6.03. The summed E-state index contributed by atoms with van der Waals surface area (Å²) in [5.74, 6) is -1.48. The Bertz CT molecular complexity index is 1300. The van der Waals surface area contributed by atoms with E-state index in [1.54, 1.807) is 24.3 Å². The molecule has 0 aliphatic heterocycles. The van der Waals surface area contributed by atoms with Crippen LogP contribution >= 0.6 is 0 Å². The van der Waals surface area contributed by atoms with Gasteiger partial charge in [-0.2, -0.15) is 0 Å². The Morgan fingerprint density at radius 2 is 1.78 bits per heavy atom. The number of amides is 2. The van der Waals surface area contributed by atoms with Gasteiger partial charge >= 0.3 is 0 Å². The van der Waals surface area contributed by atoms with Crippen molar-refractivity contribution in [1.82, 2.24) is 14.6 Å². The van der Waals surface area contributed by atoms with E-state index in [9.17, 15) is 18.4 Å². The largest absolute Gasteiger partial charge is 0.365 e. The lowest BCUT2D eigenvalue weighted by atomic mass is 10.2. The van der Waals surface area contributed by atoms with Gasteiger partial charge < -0.3 is 16.0 Å². The van der Waals surface area contributed by atoms with Crippen molar-refractivity contribution >= 4 is 34.7 Å². The quantitative estimate of drug-likeness (QED) is 0.427. The highest BCUT2D eigenvalue weighted by atomic mass is 19.1. The standard InChI is InChI=1S/C22H18F2N6O2/c1-13(31)27-16-6-7-18(17(24)10-16)28-22(32)19-12-26-21-9-8-20(29-30(19)21)25-11-14-2-4-15(23)5-3-14/h2-10,12H,11H2,1H3,(H,25,29)(H,27,31)(H,28,32). The van der Waals surface area contributed by atoms with Crippen LogP contribution in [-0.4, -0.2) is 26.4 Å². The van der Waals surface area contributed by atoms with Crippen LogP contribution in [0.5, 0.6) is 0 Å². The summed E-state index contributed by atoms with van der Waals surface area (Å²) >= 11 is 0. The van der Waals surface area contributed by atoms with Crippen LogP contribution in [0.4, 0.5) is 26.0 Å². The maximum atomic E-state index is 14.3. The molecule has 0 saturated carbocycles. The van der Waals surface area contributed by atoms with Crippen molar-refractivity contribution in [2.45, 2.75) is 13.5 Å². The molecule has 32 heavy (non-hydrogen) atoms. The van der Waals surface area contributed by atoms with E-state index in [1.165, 1.54) is 41.9 Å². The van der Waals surface area contributed by atoms with Crippen molar-refractivity contribution in [1.29, 1.82) is 0 Å². The summed E-state index contributed by atoms with van der Waals surface area (Å²) in [6.45, 7) is 1.72. The predicted octanol–water partition coefficient (Wildman–Crippen LogP) is 3.83. The topological polar surface area (TPSA) is 100 Å². The molecule has 0 aliphatic rings. The highest BCUT2D eigenvalue weighted by Gasteiger charge is 2.16. The van der Waals surface area contributed by atoms with Crippen molar-refractivity contribution in [3.05, 3.63) is 83.7 Å². The van der Waals surface area contributed by atoms with E-state index in [4.69, 9.17) is 0 Å². The number of carbonyl (C=O) groups excluding carboxylic acids is 2. The molecular weight excluding hydrogens is 418 g/mol. The Balaban J connectivity index is 1.51. The molecule has 4 rings (SSSR count). The second-order valence-electron chi connectivity index (χ2n) is 6.94. The highest BCUT2D eigenvalue weighted by Crippen LogP contribution is 2.20. The number of fused-ring (bicyclic) bond motifs is 1. The zero-order chi connectivity index (χ0) is 22.7. The third-order valence-electron chi connectivity index (χ3n) is 4.52. The van der Waals surface area contributed by atoms with Crippen molar-refractivity contribution in [3.63, 3.8) is 0 Å². The lowest BCUT2D eigenvalue weighted by Crippen LogP contribution is -2.17. The summed E-state index contributed by atoms with van der Waals surface area (Å²) in [6.07, 6.45) is 1.34. The van der Waals surface area contributed by atoms with E-state index in [0.717, 1.165) is 11.6 Å². The smallest absolute Gasteiger partial charge is 0.276 e. The number of rotatable bonds is 6. The minimum Gasteiger partial charge on any atom is -0.365 e. The average molecular weight is 436 g/mol.